The molecule has 0 saturated carbocycles. The van der Waals surface area contributed by atoms with E-state index in [1.807, 2.05) is 0 Å². The maximum atomic E-state index is 12.8. The third kappa shape index (κ3) is 7.76. The SMILES string of the molecule is CCCCCNC(=O)C(C)(Cc1ccc(O)cc1)NC(=O)OC(C)(C)C. The van der Waals surface area contributed by atoms with Crippen molar-refractivity contribution in [2.24, 2.45) is 0 Å². The number of unbranched alkanes of at least 4 members (excludes halogenated alkanes) is 2. The van der Waals surface area contributed by atoms with Crippen molar-refractivity contribution in [2.75, 3.05) is 6.54 Å². The number of phenols is 1. The summed E-state index contributed by atoms with van der Waals surface area (Å²) in [5.74, 6) is -0.105. The number of amides is 2. The number of nitrogens with one attached hydrogen (secondary N) is 2. The van der Waals surface area contributed by atoms with E-state index >= 15 is 0 Å². The second-order valence-corrected chi connectivity index (χ2v) is 7.77. The maximum Gasteiger partial charge on any atom is 0.408 e. The lowest BCUT2D eigenvalue weighted by atomic mass is 9.91. The monoisotopic (exact) mass is 364 g/mol. The molecule has 0 spiro atoms. The topological polar surface area (TPSA) is 87.7 Å². The molecule has 0 heterocycles. The Balaban J connectivity index is 2.89. The molecule has 1 atom stereocenters. The van der Waals surface area contributed by atoms with Crippen LogP contribution in [0.3, 0.4) is 0 Å². The molecular formula is C20H32N2O4. The van der Waals surface area contributed by atoms with Crippen LogP contribution in [0, 0.1) is 0 Å². The second-order valence-electron chi connectivity index (χ2n) is 7.77. The molecule has 26 heavy (non-hydrogen) atoms. The first-order chi connectivity index (χ1) is 12.1. The van der Waals surface area contributed by atoms with Gasteiger partial charge in [-0.15, -0.1) is 0 Å². The Labute approximate surface area is 156 Å². The summed E-state index contributed by atoms with van der Waals surface area (Å²) in [4.78, 5) is 25.0. The summed E-state index contributed by atoms with van der Waals surface area (Å²) in [5, 5.41) is 15.1. The van der Waals surface area contributed by atoms with Gasteiger partial charge in [-0.25, -0.2) is 4.79 Å². The van der Waals surface area contributed by atoms with Crippen molar-refractivity contribution in [3.05, 3.63) is 29.8 Å². The molecule has 0 aliphatic rings. The van der Waals surface area contributed by atoms with Gasteiger partial charge in [0.05, 0.1) is 0 Å². The Bertz CT molecular complexity index is 593. The number of rotatable bonds is 8. The zero-order valence-electron chi connectivity index (χ0n) is 16.5. The van der Waals surface area contributed by atoms with Gasteiger partial charge >= 0.3 is 6.09 Å². The summed E-state index contributed by atoms with van der Waals surface area (Å²) < 4.78 is 5.31. The van der Waals surface area contributed by atoms with Crippen molar-refractivity contribution >= 4 is 12.0 Å². The molecule has 6 heteroatoms. The highest BCUT2D eigenvalue weighted by Gasteiger charge is 2.36. The molecule has 0 aromatic heterocycles. The first-order valence-electron chi connectivity index (χ1n) is 9.13. The van der Waals surface area contributed by atoms with Gasteiger partial charge in [0.25, 0.3) is 0 Å². The van der Waals surface area contributed by atoms with Crippen molar-refractivity contribution < 1.29 is 19.4 Å². The fourth-order valence-electron chi connectivity index (χ4n) is 2.50. The Morgan fingerprint density at radius 3 is 2.23 bits per heavy atom. The summed E-state index contributed by atoms with van der Waals surface area (Å²) in [7, 11) is 0. The zero-order valence-corrected chi connectivity index (χ0v) is 16.5. The number of carbonyl (C=O) groups is 2. The van der Waals surface area contributed by atoms with E-state index in [9.17, 15) is 14.7 Å². The van der Waals surface area contributed by atoms with Crippen molar-refractivity contribution in [1.82, 2.24) is 10.6 Å². The fourth-order valence-corrected chi connectivity index (χ4v) is 2.50. The van der Waals surface area contributed by atoms with Crippen LogP contribution < -0.4 is 10.6 Å². The summed E-state index contributed by atoms with van der Waals surface area (Å²) >= 11 is 0. The molecule has 2 amide bonds. The number of phenolic OH excluding ortho intramolecular Hbond substituents is 1. The minimum atomic E-state index is -1.16. The van der Waals surface area contributed by atoms with Crippen LogP contribution in [0.4, 0.5) is 4.79 Å². The molecule has 0 aliphatic heterocycles. The lowest BCUT2D eigenvalue weighted by molar-refractivity contribution is -0.127. The minimum absolute atomic E-state index is 0.152. The van der Waals surface area contributed by atoms with Crippen LogP contribution in [-0.4, -0.2) is 34.8 Å². The van der Waals surface area contributed by atoms with Crippen molar-refractivity contribution in [1.29, 1.82) is 0 Å². The predicted octanol–water partition coefficient (Wildman–Crippen LogP) is 3.52. The predicted molar refractivity (Wildman–Crippen MR) is 102 cm³/mol. The van der Waals surface area contributed by atoms with E-state index in [-0.39, 0.29) is 18.1 Å². The molecule has 6 nitrogen and oxygen atoms in total. The van der Waals surface area contributed by atoms with Gasteiger partial charge in [-0.05, 0) is 51.8 Å². The highest BCUT2D eigenvalue weighted by Crippen LogP contribution is 2.18. The van der Waals surface area contributed by atoms with Gasteiger partial charge in [0, 0.05) is 13.0 Å². The Kier molecular flexibility index (Phi) is 7.93. The smallest absolute Gasteiger partial charge is 0.408 e. The van der Waals surface area contributed by atoms with Crippen LogP contribution in [0.25, 0.3) is 0 Å². The van der Waals surface area contributed by atoms with Crippen LogP contribution in [0.15, 0.2) is 24.3 Å². The van der Waals surface area contributed by atoms with Gasteiger partial charge in [-0.2, -0.15) is 0 Å². The van der Waals surface area contributed by atoms with Gasteiger partial charge in [-0.1, -0.05) is 31.9 Å². The van der Waals surface area contributed by atoms with Crippen molar-refractivity contribution in [2.45, 2.75) is 71.4 Å². The zero-order chi connectivity index (χ0) is 19.8. The summed E-state index contributed by atoms with van der Waals surface area (Å²) in [6, 6.07) is 6.58. The molecule has 146 valence electrons. The van der Waals surface area contributed by atoms with E-state index in [0.29, 0.717) is 6.54 Å². The number of carbonyl (C=O) groups excluding carboxylic acids is 2. The van der Waals surface area contributed by atoms with Crippen LogP contribution >= 0.6 is 0 Å². The molecule has 1 rings (SSSR count). The molecule has 1 aromatic rings. The largest absolute Gasteiger partial charge is 0.508 e. The van der Waals surface area contributed by atoms with Crippen molar-refractivity contribution in [3.63, 3.8) is 0 Å². The number of ether oxygens (including phenoxy) is 1. The van der Waals surface area contributed by atoms with E-state index in [1.54, 1.807) is 52.0 Å². The molecule has 0 saturated heterocycles. The molecule has 1 aromatic carbocycles. The molecular weight excluding hydrogens is 332 g/mol. The lowest BCUT2D eigenvalue weighted by Gasteiger charge is -2.31. The Hall–Kier alpha value is -2.24. The number of hydrogen-bond acceptors (Lipinski definition) is 4. The first-order valence-corrected chi connectivity index (χ1v) is 9.13. The van der Waals surface area contributed by atoms with Crippen LogP contribution in [0.1, 0.15) is 59.4 Å². The number of aromatic hydroxyl groups is 1. The Morgan fingerprint density at radius 2 is 1.69 bits per heavy atom. The second kappa shape index (κ2) is 9.46. The molecule has 0 radical (unpaired) electrons. The molecule has 0 bridgehead atoms. The van der Waals surface area contributed by atoms with Crippen LogP contribution in [0.2, 0.25) is 0 Å². The van der Waals surface area contributed by atoms with Gasteiger partial charge in [0.15, 0.2) is 0 Å². The lowest BCUT2D eigenvalue weighted by Crippen LogP contribution is -2.59. The quantitative estimate of drug-likeness (QED) is 0.616. The highest BCUT2D eigenvalue weighted by atomic mass is 16.6. The standard InChI is InChI=1S/C20H32N2O4/c1-6-7-8-13-21-17(24)20(5,22-18(25)26-19(2,3)4)14-15-9-11-16(23)12-10-15/h9-12,23H,6-8,13-14H2,1-5H3,(H,21,24)(H,22,25). The first kappa shape index (κ1) is 21.8. The molecule has 3 N–H and O–H groups in total. The fraction of sp³-hybridized carbons (Fsp3) is 0.600. The van der Waals surface area contributed by atoms with Crippen LogP contribution in [-0.2, 0) is 16.0 Å². The molecule has 0 fully saturated rings. The van der Waals surface area contributed by atoms with E-state index < -0.39 is 17.2 Å². The maximum absolute atomic E-state index is 12.8. The van der Waals surface area contributed by atoms with E-state index in [2.05, 4.69) is 17.6 Å². The van der Waals surface area contributed by atoms with Crippen LogP contribution in [0.5, 0.6) is 5.75 Å². The van der Waals surface area contributed by atoms with Gasteiger partial charge in [0.2, 0.25) is 5.91 Å². The van der Waals surface area contributed by atoms with E-state index in [1.165, 1.54) is 0 Å². The summed E-state index contributed by atoms with van der Waals surface area (Å²) in [5.41, 5.74) is -0.989. The van der Waals surface area contributed by atoms with E-state index in [4.69, 9.17) is 4.74 Å². The number of hydrogen-bond donors (Lipinski definition) is 3. The van der Waals surface area contributed by atoms with Crippen molar-refractivity contribution in [3.8, 4) is 5.75 Å². The van der Waals surface area contributed by atoms with Gasteiger partial charge in [0.1, 0.15) is 16.9 Å². The third-order valence-electron chi connectivity index (χ3n) is 3.84. The summed E-state index contributed by atoms with van der Waals surface area (Å²) in [6.07, 6.45) is 2.64. The minimum Gasteiger partial charge on any atom is -0.508 e. The average molecular weight is 364 g/mol. The molecule has 1 unspecified atom stereocenters. The van der Waals surface area contributed by atoms with Gasteiger partial charge < -0.3 is 20.5 Å². The highest BCUT2D eigenvalue weighted by molar-refractivity contribution is 5.90. The van der Waals surface area contributed by atoms with Gasteiger partial charge in [-0.3, -0.25) is 4.79 Å². The Morgan fingerprint density at radius 1 is 1.08 bits per heavy atom. The average Bonchev–Trinajstić information content (AvgIpc) is 2.51. The third-order valence-corrected chi connectivity index (χ3v) is 3.84. The summed E-state index contributed by atoms with van der Waals surface area (Å²) in [6.45, 7) is 9.66. The number of benzene rings is 1. The normalized spacial score (nSPS) is 13.6. The number of alkyl carbamates (subject to hydrolysis) is 1. The molecule has 0 aliphatic carbocycles. The van der Waals surface area contributed by atoms with E-state index in [0.717, 1.165) is 24.8 Å².